The molecule has 1 heterocycles. The molecule has 18 heavy (non-hydrogen) atoms. The predicted molar refractivity (Wildman–Crippen MR) is 79.5 cm³/mol. The molecular formula is C16H26N2. The molecule has 1 unspecified atom stereocenters. The fraction of sp³-hybridized carbons (Fsp3) is 0.625. The van der Waals surface area contributed by atoms with E-state index < -0.39 is 0 Å². The Bertz CT molecular complexity index is 387. The van der Waals surface area contributed by atoms with Crippen molar-refractivity contribution >= 4 is 5.69 Å². The van der Waals surface area contributed by atoms with E-state index in [1.807, 2.05) is 0 Å². The third-order valence-electron chi connectivity index (χ3n) is 4.00. The van der Waals surface area contributed by atoms with E-state index in [4.69, 9.17) is 0 Å². The summed E-state index contributed by atoms with van der Waals surface area (Å²) in [6.07, 6.45) is 3.60. The van der Waals surface area contributed by atoms with E-state index in [1.165, 1.54) is 42.7 Å². The molecule has 1 fully saturated rings. The molecule has 1 saturated heterocycles. The highest BCUT2D eigenvalue weighted by atomic mass is 15.1. The van der Waals surface area contributed by atoms with Gasteiger partial charge in [0.15, 0.2) is 0 Å². The number of hydrogen-bond acceptors (Lipinski definition) is 2. The second-order valence-electron chi connectivity index (χ2n) is 5.45. The third-order valence-corrected chi connectivity index (χ3v) is 4.00. The fourth-order valence-electron chi connectivity index (χ4n) is 2.71. The zero-order chi connectivity index (χ0) is 13.0. The van der Waals surface area contributed by atoms with Gasteiger partial charge in [0.05, 0.1) is 0 Å². The highest BCUT2D eigenvalue weighted by Gasteiger charge is 2.12. The Morgan fingerprint density at radius 3 is 2.89 bits per heavy atom. The van der Waals surface area contributed by atoms with Crippen molar-refractivity contribution in [1.82, 2.24) is 5.32 Å². The van der Waals surface area contributed by atoms with Crippen LogP contribution in [-0.4, -0.2) is 25.7 Å². The first kappa shape index (κ1) is 13.4. The van der Waals surface area contributed by atoms with Gasteiger partial charge in [-0.25, -0.2) is 0 Å². The van der Waals surface area contributed by atoms with Crippen molar-refractivity contribution in [2.24, 2.45) is 0 Å². The van der Waals surface area contributed by atoms with Crippen molar-refractivity contribution in [3.05, 3.63) is 29.3 Å². The van der Waals surface area contributed by atoms with E-state index in [0.29, 0.717) is 6.04 Å². The lowest BCUT2D eigenvalue weighted by Crippen LogP contribution is -2.38. The van der Waals surface area contributed by atoms with E-state index in [9.17, 15) is 0 Å². The Hall–Kier alpha value is -1.02. The molecule has 0 aliphatic carbocycles. The smallest absolute Gasteiger partial charge is 0.0369 e. The maximum atomic E-state index is 3.56. The van der Waals surface area contributed by atoms with E-state index in [2.05, 4.69) is 49.2 Å². The minimum atomic E-state index is 0.642. The molecule has 2 heteroatoms. The van der Waals surface area contributed by atoms with Gasteiger partial charge >= 0.3 is 0 Å². The molecule has 0 amide bonds. The lowest BCUT2D eigenvalue weighted by molar-refractivity contribution is 0.475. The van der Waals surface area contributed by atoms with Crippen LogP contribution in [0.5, 0.6) is 0 Å². The number of nitrogens with one attached hydrogen (secondary N) is 1. The van der Waals surface area contributed by atoms with Crippen LogP contribution in [0, 0.1) is 6.92 Å². The number of nitrogens with zero attached hydrogens (tertiary/aromatic N) is 1. The van der Waals surface area contributed by atoms with Crippen molar-refractivity contribution < 1.29 is 0 Å². The zero-order valence-electron chi connectivity index (χ0n) is 12.0. The summed E-state index contributed by atoms with van der Waals surface area (Å²) in [6, 6.07) is 7.60. The average Bonchev–Trinajstić information content (AvgIpc) is 2.34. The molecule has 2 rings (SSSR count). The third kappa shape index (κ3) is 3.26. The van der Waals surface area contributed by atoms with E-state index in [-0.39, 0.29) is 0 Å². The molecule has 1 aliphatic heterocycles. The number of anilines is 1. The summed E-state index contributed by atoms with van der Waals surface area (Å²) in [5, 5.41) is 3.56. The van der Waals surface area contributed by atoms with Gasteiger partial charge in [-0.1, -0.05) is 13.0 Å². The molecule has 0 saturated carbocycles. The van der Waals surface area contributed by atoms with E-state index in [1.54, 1.807) is 0 Å². The van der Waals surface area contributed by atoms with Crippen LogP contribution >= 0.6 is 0 Å². The van der Waals surface area contributed by atoms with Gasteiger partial charge < -0.3 is 10.2 Å². The van der Waals surface area contributed by atoms with Crippen LogP contribution in [0.2, 0.25) is 0 Å². The summed E-state index contributed by atoms with van der Waals surface area (Å²) in [6.45, 7) is 10.2. The number of benzene rings is 1. The van der Waals surface area contributed by atoms with Crippen molar-refractivity contribution in [3.63, 3.8) is 0 Å². The molecule has 1 atom stereocenters. The number of aryl methyl sites for hydroxylation is 2. The summed E-state index contributed by atoms with van der Waals surface area (Å²) in [4.78, 5) is 2.55. The summed E-state index contributed by atoms with van der Waals surface area (Å²) in [7, 11) is 0. The van der Waals surface area contributed by atoms with E-state index in [0.717, 1.165) is 13.0 Å². The van der Waals surface area contributed by atoms with Crippen molar-refractivity contribution in [1.29, 1.82) is 0 Å². The Kier molecular flexibility index (Phi) is 4.65. The first-order chi connectivity index (χ1) is 8.70. The molecule has 1 aromatic rings. The molecule has 1 aromatic carbocycles. The van der Waals surface area contributed by atoms with Crippen LogP contribution in [0.3, 0.4) is 0 Å². The van der Waals surface area contributed by atoms with Crippen LogP contribution in [0.1, 0.15) is 37.8 Å². The molecular weight excluding hydrogens is 220 g/mol. The summed E-state index contributed by atoms with van der Waals surface area (Å²) in [5.41, 5.74) is 4.31. The molecule has 0 aromatic heterocycles. The lowest BCUT2D eigenvalue weighted by atomic mass is 10.0. The minimum absolute atomic E-state index is 0.642. The number of rotatable bonds is 2. The highest BCUT2D eigenvalue weighted by Crippen LogP contribution is 2.21. The van der Waals surface area contributed by atoms with Crippen LogP contribution in [0.15, 0.2) is 18.2 Å². The monoisotopic (exact) mass is 246 g/mol. The van der Waals surface area contributed by atoms with Crippen molar-refractivity contribution in [2.75, 3.05) is 24.5 Å². The molecule has 2 nitrogen and oxygen atoms in total. The predicted octanol–water partition coefficient (Wildman–Crippen LogP) is 3.14. The van der Waals surface area contributed by atoms with Gasteiger partial charge in [0.1, 0.15) is 0 Å². The lowest BCUT2D eigenvalue weighted by Gasteiger charge is -2.30. The first-order valence-electron chi connectivity index (χ1n) is 7.28. The maximum absolute atomic E-state index is 3.56. The van der Waals surface area contributed by atoms with Crippen LogP contribution in [0.4, 0.5) is 5.69 Å². The largest absolute Gasteiger partial charge is 0.371 e. The second-order valence-corrected chi connectivity index (χ2v) is 5.45. The molecule has 0 radical (unpaired) electrons. The van der Waals surface area contributed by atoms with Crippen molar-refractivity contribution in [3.8, 4) is 0 Å². The van der Waals surface area contributed by atoms with E-state index >= 15 is 0 Å². The van der Waals surface area contributed by atoms with Gasteiger partial charge in [0.2, 0.25) is 0 Å². The topological polar surface area (TPSA) is 15.3 Å². The van der Waals surface area contributed by atoms with Gasteiger partial charge in [-0.3, -0.25) is 0 Å². The van der Waals surface area contributed by atoms with Crippen LogP contribution in [0.25, 0.3) is 0 Å². The summed E-state index contributed by atoms with van der Waals surface area (Å²) >= 11 is 0. The number of hydrogen-bond donors (Lipinski definition) is 1. The average molecular weight is 246 g/mol. The van der Waals surface area contributed by atoms with Gasteiger partial charge in [0, 0.05) is 24.8 Å². The zero-order valence-corrected chi connectivity index (χ0v) is 12.0. The van der Waals surface area contributed by atoms with Crippen molar-refractivity contribution in [2.45, 2.75) is 46.1 Å². The molecule has 1 N–H and O–H groups in total. The van der Waals surface area contributed by atoms with Crippen LogP contribution < -0.4 is 10.2 Å². The standard InChI is InChI=1S/C16H26N2/c1-4-15-6-7-16(12-13(15)2)18-10-5-9-17-14(3)8-11-18/h6-7,12,14,17H,4-5,8-11H2,1-3H3. The Labute approximate surface area is 111 Å². The van der Waals surface area contributed by atoms with Gasteiger partial charge in [-0.2, -0.15) is 0 Å². The second kappa shape index (κ2) is 6.24. The first-order valence-corrected chi connectivity index (χ1v) is 7.28. The Balaban J connectivity index is 2.11. The molecule has 100 valence electrons. The normalized spacial score (nSPS) is 21.5. The van der Waals surface area contributed by atoms with Gasteiger partial charge in [-0.15, -0.1) is 0 Å². The molecule has 0 spiro atoms. The summed E-state index contributed by atoms with van der Waals surface area (Å²) < 4.78 is 0. The van der Waals surface area contributed by atoms with Crippen LogP contribution in [-0.2, 0) is 6.42 Å². The summed E-state index contributed by atoms with van der Waals surface area (Å²) in [5.74, 6) is 0. The molecule has 1 aliphatic rings. The molecule has 0 bridgehead atoms. The Morgan fingerprint density at radius 2 is 2.17 bits per heavy atom. The SMILES string of the molecule is CCc1ccc(N2CCCNC(C)CC2)cc1C. The maximum Gasteiger partial charge on any atom is 0.0369 e. The quantitative estimate of drug-likeness (QED) is 0.862. The van der Waals surface area contributed by atoms with Gasteiger partial charge in [0.25, 0.3) is 0 Å². The highest BCUT2D eigenvalue weighted by molar-refractivity contribution is 5.51. The fourth-order valence-corrected chi connectivity index (χ4v) is 2.71. The van der Waals surface area contributed by atoms with Gasteiger partial charge in [-0.05, 0) is 62.9 Å². The minimum Gasteiger partial charge on any atom is -0.371 e. The Morgan fingerprint density at radius 1 is 1.33 bits per heavy atom.